The molecule has 6 heteroatoms. The number of anilines is 2. The Bertz CT molecular complexity index is 694. The van der Waals surface area contributed by atoms with Crippen LogP contribution in [-0.2, 0) is 4.79 Å². The Labute approximate surface area is 145 Å². The van der Waals surface area contributed by atoms with Crippen LogP contribution in [0.4, 0.5) is 11.4 Å². The number of thiophene rings is 1. The minimum absolute atomic E-state index is 0.0905. The third-order valence-electron chi connectivity index (χ3n) is 4.05. The molecular formula is C18H21N3O2S. The Morgan fingerprint density at radius 3 is 2.67 bits per heavy atom. The van der Waals surface area contributed by atoms with Gasteiger partial charge in [-0.3, -0.25) is 9.59 Å². The highest BCUT2D eigenvalue weighted by atomic mass is 32.1. The van der Waals surface area contributed by atoms with E-state index in [-0.39, 0.29) is 18.2 Å². The molecule has 1 aromatic carbocycles. The minimum Gasteiger partial charge on any atom is -0.370 e. The third kappa shape index (κ3) is 4.14. The van der Waals surface area contributed by atoms with Crippen molar-refractivity contribution < 1.29 is 9.59 Å². The number of rotatable bonds is 6. The number of hydrogen-bond acceptors (Lipinski definition) is 4. The molecule has 3 rings (SSSR count). The molecule has 0 saturated carbocycles. The van der Waals surface area contributed by atoms with Gasteiger partial charge in [0.25, 0.3) is 5.91 Å². The highest BCUT2D eigenvalue weighted by Crippen LogP contribution is 2.28. The van der Waals surface area contributed by atoms with Gasteiger partial charge in [-0.1, -0.05) is 12.1 Å². The number of hydrogen-bond donors (Lipinski definition) is 2. The van der Waals surface area contributed by atoms with Crippen LogP contribution in [0.15, 0.2) is 41.1 Å². The summed E-state index contributed by atoms with van der Waals surface area (Å²) in [5.74, 6) is -0.228. The van der Waals surface area contributed by atoms with Gasteiger partial charge in [0, 0.05) is 37.0 Å². The van der Waals surface area contributed by atoms with Gasteiger partial charge in [0.05, 0.1) is 11.4 Å². The molecule has 0 radical (unpaired) electrons. The molecule has 1 aliphatic rings. The summed E-state index contributed by atoms with van der Waals surface area (Å²) < 4.78 is 0. The fraction of sp³-hybridized carbons (Fsp3) is 0.333. The average molecular weight is 343 g/mol. The van der Waals surface area contributed by atoms with Crippen molar-refractivity contribution in [2.45, 2.75) is 19.3 Å². The predicted octanol–water partition coefficient (Wildman–Crippen LogP) is 3.11. The molecule has 126 valence electrons. The van der Waals surface area contributed by atoms with E-state index in [1.54, 1.807) is 11.4 Å². The van der Waals surface area contributed by atoms with Crippen LogP contribution in [0.25, 0.3) is 0 Å². The maximum Gasteiger partial charge on any atom is 0.252 e. The van der Waals surface area contributed by atoms with Crippen LogP contribution in [0.3, 0.4) is 0 Å². The number of carbonyl (C=O) groups excluding carboxylic acids is 2. The summed E-state index contributed by atoms with van der Waals surface area (Å²) in [6.07, 6.45) is 2.64. The van der Waals surface area contributed by atoms with Crippen LogP contribution in [0.1, 0.15) is 29.6 Å². The highest BCUT2D eigenvalue weighted by Gasteiger charge is 2.16. The fourth-order valence-electron chi connectivity index (χ4n) is 2.81. The van der Waals surface area contributed by atoms with Crippen LogP contribution < -0.4 is 15.5 Å². The summed E-state index contributed by atoms with van der Waals surface area (Å²) in [6.45, 7) is 2.39. The SMILES string of the molecule is O=C(CCNC(=O)c1ccsc1)Nc1ccccc1N1CCCC1. The second-order valence-electron chi connectivity index (χ2n) is 5.78. The molecule has 2 heterocycles. The number of para-hydroxylation sites is 2. The Hall–Kier alpha value is -2.34. The normalized spacial score (nSPS) is 13.8. The van der Waals surface area contributed by atoms with Gasteiger partial charge in [-0.2, -0.15) is 11.3 Å². The van der Waals surface area contributed by atoms with E-state index < -0.39 is 0 Å². The molecule has 0 unspecified atom stereocenters. The van der Waals surface area contributed by atoms with Gasteiger partial charge in [-0.25, -0.2) is 0 Å². The average Bonchev–Trinajstić information content (AvgIpc) is 3.29. The van der Waals surface area contributed by atoms with Crippen LogP contribution >= 0.6 is 11.3 Å². The number of amides is 2. The van der Waals surface area contributed by atoms with Crippen molar-refractivity contribution >= 4 is 34.5 Å². The van der Waals surface area contributed by atoms with Gasteiger partial charge in [0.15, 0.2) is 0 Å². The van der Waals surface area contributed by atoms with Crippen molar-refractivity contribution in [3.63, 3.8) is 0 Å². The van der Waals surface area contributed by atoms with E-state index in [0.717, 1.165) is 24.5 Å². The van der Waals surface area contributed by atoms with E-state index in [1.165, 1.54) is 24.2 Å². The summed E-state index contributed by atoms with van der Waals surface area (Å²) in [6, 6.07) is 9.65. The lowest BCUT2D eigenvalue weighted by atomic mass is 10.2. The standard InChI is InChI=1S/C18H21N3O2S/c22-17(7-9-19-18(23)14-8-12-24-13-14)20-15-5-1-2-6-16(15)21-10-3-4-11-21/h1-2,5-6,8,12-13H,3-4,7,9-11H2,(H,19,23)(H,20,22). The van der Waals surface area contributed by atoms with Crippen LogP contribution in [0.2, 0.25) is 0 Å². The molecule has 24 heavy (non-hydrogen) atoms. The first-order valence-corrected chi connectivity index (χ1v) is 9.12. The van der Waals surface area contributed by atoms with Crippen molar-refractivity contribution in [1.82, 2.24) is 5.32 Å². The zero-order valence-electron chi connectivity index (χ0n) is 13.5. The van der Waals surface area contributed by atoms with Crippen molar-refractivity contribution in [3.05, 3.63) is 46.7 Å². The maximum atomic E-state index is 12.2. The molecule has 0 aliphatic carbocycles. The zero-order chi connectivity index (χ0) is 16.8. The van der Waals surface area contributed by atoms with Crippen molar-refractivity contribution in [2.75, 3.05) is 29.9 Å². The maximum absolute atomic E-state index is 12.2. The summed E-state index contributed by atoms with van der Waals surface area (Å²) >= 11 is 1.48. The lowest BCUT2D eigenvalue weighted by molar-refractivity contribution is -0.116. The largest absolute Gasteiger partial charge is 0.370 e. The van der Waals surface area contributed by atoms with E-state index >= 15 is 0 Å². The Morgan fingerprint density at radius 1 is 1.12 bits per heavy atom. The summed E-state index contributed by atoms with van der Waals surface area (Å²) in [4.78, 5) is 26.3. The number of benzene rings is 1. The number of carbonyl (C=O) groups is 2. The molecule has 1 aliphatic heterocycles. The van der Waals surface area contributed by atoms with Crippen molar-refractivity contribution in [3.8, 4) is 0 Å². The second-order valence-corrected chi connectivity index (χ2v) is 6.56. The third-order valence-corrected chi connectivity index (χ3v) is 4.73. The number of nitrogens with zero attached hydrogens (tertiary/aromatic N) is 1. The molecule has 2 amide bonds. The van der Waals surface area contributed by atoms with Crippen LogP contribution in [0, 0.1) is 0 Å². The molecule has 5 nitrogen and oxygen atoms in total. The van der Waals surface area contributed by atoms with E-state index in [2.05, 4.69) is 15.5 Å². The topological polar surface area (TPSA) is 61.4 Å². The van der Waals surface area contributed by atoms with Crippen LogP contribution in [0.5, 0.6) is 0 Å². The zero-order valence-corrected chi connectivity index (χ0v) is 14.3. The van der Waals surface area contributed by atoms with Crippen molar-refractivity contribution in [2.24, 2.45) is 0 Å². The van der Waals surface area contributed by atoms with Gasteiger partial charge < -0.3 is 15.5 Å². The van der Waals surface area contributed by atoms with Gasteiger partial charge in [0.2, 0.25) is 5.91 Å². The first-order valence-electron chi connectivity index (χ1n) is 8.18. The lowest BCUT2D eigenvalue weighted by Gasteiger charge is -2.21. The Kier molecular flexibility index (Phi) is 5.48. The van der Waals surface area contributed by atoms with Gasteiger partial charge in [-0.15, -0.1) is 0 Å². The van der Waals surface area contributed by atoms with Gasteiger partial charge in [0.1, 0.15) is 0 Å². The van der Waals surface area contributed by atoms with E-state index in [4.69, 9.17) is 0 Å². The summed E-state index contributed by atoms with van der Waals surface area (Å²) in [7, 11) is 0. The molecule has 0 atom stereocenters. The smallest absolute Gasteiger partial charge is 0.252 e. The first-order chi connectivity index (χ1) is 11.7. The minimum atomic E-state index is -0.137. The molecule has 2 N–H and O–H groups in total. The van der Waals surface area contributed by atoms with E-state index in [0.29, 0.717) is 12.1 Å². The monoisotopic (exact) mass is 343 g/mol. The number of nitrogens with one attached hydrogen (secondary N) is 2. The molecular weight excluding hydrogens is 322 g/mol. The fourth-order valence-corrected chi connectivity index (χ4v) is 3.45. The summed E-state index contributed by atoms with van der Waals surface area (Å²) in [5, 5.41) is 9.39. The molecule has 1 saturated heterocycles. The quantitative estimate of drug-likeness (QED) is 0.847. The summed E-state index contributed by atoms with van der Waals surface area (Å²) in [5.41, 5.74) is 2.55. The second kappa shape index (κ2) is 7.97. The molecule has 0 spiro atoms. The lowest BCUT2D eigenvalue weighted by Crippen LogP contribution is -2.27. The molecule has 0 bridgehead atoms. The Balaban J connectivity index is 1.51. The van der Waals surface area contributed by atoms with E-state index in [1.807, 2.05) is 29.6 Å². The molecule has 2 aromatic rings. The molecule has 1 aromatic heterocycles. The first kappa shape index (κ1) is 16.5. The van der Waals surface area contributed by atoms with Gasteiger partial charge >= 0.3 is 0 Å². The van der Waals surface area contributed by atoms with E-state index in [9.17, 15) is 9.59 Å². The molecule has 1 fully saturated rings. The highest BCUT2D eigenvalue weighted by molar-refractivity contribution is 7.08. The van der Waals surface area contributed by atoms with Crippen LogP contribution in [-0.4, -0.2) is 31.4 Å². The van der Waals surface area contributed by atoms with Gasteiger partial charge in [-0.05, 0) is 36.4 Å². The predicted molar refractivity (Wildman–Crippen MR) is 97.8 cm³/mol. The Morgan fingerprint density at radius 2 is 1.92 bits per heavy atom. The van der Waals surface area contributed by atoms with Crippen molar-refractivity contribution in [1.29, 1.82) is 0 Å².